The van der Waals surface area contributed by atoms with E-state index in [9.17, 15) is 4.79 Å². The predicted octanol–water partition coefficient (Wildman–Crippen LogP) is 5.03. The van der Waals surface area contributed by atoms with Gasteiger partial charge < -0.3 is 18.9 Å². The predicted molar refractivity (Wildman–Crippen MR) is 128 cm³/mol. The minimum atomic E-state index is 0.0319. The molecule has 1 aromatic heterocycles. The number of carbonyl (C=O) groups excluding carboxylic acids is 1. The van der Waals surface area contributed by atoms with Gasteiger partial charge in [-0.2, -0.15) is 0 Å². The lowest BCUT2D eigenvalue weighted by Crippen LogP contribution is -2.41. The molecule has 3 heterocycles. The number of amides is 1. The molecule has 0 saturated carbocycles. The molecule has 2 aromatic carbocycles. The van der Waals surface area contributed by atoms with Crippen molar-refractivity contribution in [3.63, 3.8) is 0 Å². The van der Waals surface area contributed by atoms with Crippen LogP contribution in [-0.4, -0.2) is 40.6 Å². The Kier molecular flexibility index (Phi) is 5.67. The van der Waals surface area contributed by atoms with Crippen LogP contribution < -0.4 is 9.47 Å². The first-order valence-corrected chi connectivity index (χ1v) is 11.5. The van der Waals surface area contributed by atoms with Gasteiger partial charge in [-0.05, 0) is 68.2 Å². The van der Waals surface area contributed by atoms with Gasteiger partial charge in [-0.3, -0.25) is 4.79 Å². The molecule has 170 valence electrons. The molecule has 6 nitrogen and oxygen atoms in total. The molecular formula is C27H29N3O3. The Labute approximate surface area is 194 Å². The fourth-order valence-electron chi connectivity index (χ4n) is 4.88. The summed E-state index contributed by atoms with van der Waals surface area (Å²) >= 11 is 0. The second-order valence-corrected chi connectivity index (χ2v) is 8.80. The summed E-state index contributed by atoms with van der Waals surface area (Å²) in [5.41, 5.74) is 6.22. The zero-order valence-electron chi connectivity index (χ0n) is 19.4. The summed E-state index contributed by atoms with van der Waals surface area (Å²) in [6.45, 7) is 5.44. The number of benzene rings is 2. The summed E-state index contributed by atoms with van der Waals surface area (Å²) < 4.78 is 13.2. The van der Waals surface area contributed by atoms with Crippen LogP contribution in [0.1, 0.15) is 47.7 Å². The minimum absolute atomic E-state index is 0.0319. The first kappa shape index (κ1) is 21.3. The molecule has 2 aliphatic heterocycles. The molecule has 33 heavy (non-hydrogen) atoms. The average molecular weight is 444 g/mol. The first-order chi connectivity index (χ1) is 16.0. The van der Waals surface area contributed by atoms with Crippen molar-refractivity contribution in [2.45, 2.75) is 39.2 Å². The van der Waals surface area contributed by atoms with Crippen LogP contribution in [0.4, 0.5) is 0 Å². The highest BCUT2D eigenvalue weighted by Gasteiger charge is 2.33. The van der Waals surface area contributed by atoms with Crippen molar-refractivity contribution in [1.82, 2.24) is 14.5 Å². The lowest BCUT2D eigenvalue weighted by Gasteiger charge is -2.38. The molecule has 1 fully saturated rings. The molecule has 0 N–H and O–H groups in total. The number of hydrogen-bond donors (Lipinski definition) is 0. The third-order valence-electron chi connectivity index (χ3n) is 6.54. The van der Waals surface area contributed by atoms with Crippen LogP contribution in [0.2, 0.25) is 0 Å². The Balaban J connectivity index is 1.40. The second kappa shape index (κ2) is 8.77. The summed E-state index contributed by atoms with van der Waals surface area (Å²) in [5.74, 6) is 1.71. The van der Waals surface area contributed by atoms with E-state index in [2.05, 4.69) is 36.2 Å². The highest BCUT2D eigenvalue weighted by molar-refractivity contribution is 5.98. The summed E-state index contributed by atoms with van der Waals surface area (Å²) in [4.78, 5) is 19.9. The quantitative estimate of drug-likeness (QED) is 0.531. The van der Waals surface area contributed by atoms with Gasteiger partial charge >= 0.3 is 0 Å². The molecule has 2 aliphatic rings. The monoisotopic (exact) mass is 443 g/mol. The van der Waals surface area contributed by atoms with Crippen molar-refractivity contribution in [2.75, 3.05) is 20.3 Å². The number of hydrogen-bond acceptors (Lipinski definition) is 4. The maximum Gasteiger partial charge on any atom is 0.250 e. The van der Waals surface area contributed by atoms with Crippen LogP contribution >= 0.6 is 0 Å². The van der Waals surface area contributed by atoms with Crippen LogP contribution in [0, 0.1) is 13.8 Å². The highest BCUT2D eigenvalue weighted by Crippen LogP contribution is 2.40. The molecule has 1 saturated heterocycles. The number of rotatable bonds is 4. The van der Waals surface area contributed by atoms with Gasteiger partial charge in [-0.1, -0.05) is 6.07 Å². The highest BCUT2D eigenvalue weighted by atomic mass is 16.5. The van der Waals surface area contributed by atoms with Crippen LogP contribution in [0.15, 0.2) is 54.5 Å². The molecule has 0 spiro atoms. The number of nitrogens with zero attached hydrogens (tertiary/aromatic N) is 3. The molecule has 0 radical (unpaired) electrons. The van der Waals surface area contributed by atoms with Crippen molar-refractivity contribution >= 4 is 12.0 Å². The maximum absolute atomic E-state index is 13.5. The van der Waals surface area contributed by atoms with E-state index in [4.69, 9.17) is 9.47 Å². The van der Waals surface area contributed by atoms with Crippen molar-refractivity contribution in [3.05, 3.63) is 76.9 Å². The van der Waals surface area contributed by atoms with E-state index in [0.29, 0.717) is 6.61 Å². The smallest absolute Gasteiger partial charge is 0.250 e. The largest absolute Gasteiger partial charge is 0.497 e. The number of fused-ring (bicyclic) bond motifs is 1. The number of likely N-dealkylation sites (tertiary alicyclic amines) is 1. The molecule has 1 atom stereocenters. The number of imidazole rings is 1. The van der Waals surface area contributed by atoms with Gasteiger partial charge in [0, 0.05) is 42.1 Å². The van der Waals surface area contributed by atoms with E-state index in [1.54, 1.807) is 7.11 Å². The number of ether oxygens (including phenoxy) is 2. The topological polar surface area (TPSA) is 56.6 Å². The minimum Gasteiger partial charge on any atom is -0.497 e. The Morgan fingerprint density at radius 3 is 2.82 bits per heavy atom. The van der Waals surface area contributed by atoms with E-state index in [1.807, 2.05) is 47.1 Å². The Hall–Kier alpha value is -3.54. The Morgan fingerprint density at radius 1 is 1.18 bits per heavy atom. The first-order valence-electron chi connectivity index (χ1n) is 11.5. The molecule has 0 bridgehead atoms. The third kappa shape index (κ3) is 4.13. The van der Waals surface area contributed by atoms with Gasteiger partial charge in [0.15, 0.2) is 0 Å². The zero-order valence-corrected chi connectivity index (χ0v) is 19.4. The zero-order chi connectivity index (χ0) is 22.9. The number of piperidine rings is 1. The van der Waals surface area contributed by atoms with Crippen molar-refractivity contribution in [2.24, 2.45) is 0 Å². The fraction of sp³-hybridized carbons (Fsp3) is 0.333. The molecular weight excluding hydrogens is 414 g/mol. The van der Waals surface area contributed by atoms with Crippen LogP contribution in [-0.2, 0) is 4.79 Å². The summed E-state index contributed by atoms with van der Waals surface area (Å²) in [6.07, 6.45) is 8.47. The normalized spacial score (nSPS) is 19.4. The molecule has 6 heteroatoms. The van der Waals surface area contributed by atoms with E-state index >= 15 is 0 Å². The molecule has 5 rings (SSSR count). The van der Waals surface area contributed by atoms with Gasteiger partial charge in [0.2, 0.25) is 5.91 Å². The Morgan fingerprint density at radius 2 is 2.06 bits per heavy atom. The van der Waals surface area contributed by atoms with Crippen LogP contribution in [0.3, 0.4) is 0 Å². The molecule has 0 aliphatic carbocycles. The lowest BCUT2D eigenvalue weighted by atomic mass is 9.93. The molecule has 3 aromatic rings. The third-order valence-corrected chi connectivity index (χ3v) is 6.54. The van der Waals surface area contributed by atoms with Gasteiger partial charge in [-0.25, -0.2) is 4.98 Å². The SMILES string of the molecule is COc1ccc2c(c1)OCC[C@H]2N1CCC/C(=C\c2ccc(-n3cnc(C)c3)c(C)c2)C1=O. The summed E-state index contributed by atoms with van der Waals surface area (Å²) in [5, 5.41) is 0. The Bertz CT molecular complexity index is 1230. The summed E-state index contributed by atoms with van der Waals surface area (Å²) in [6, 6.07) is 12.2. The van der Waals surface area contributed by atoms with Gasteiger partial charge in [0.1, 0.15) is 11.5 Å². The van der Waals surface area contributed by atoms with Gasteiger partial charge in [-0.15, -0.1) is 0 Å². The number of methoxy groups -OCH3 is 1. The second-order valence-electron chi connectivity index (χ2n) is 8.80. The van der Waals surface area contributed by atoms with Crippen molar-refractivity contribution in [3.8, 4) is 17.2 Å². The van der Waals surface area contributed by atoms with E-state index in [1.165, 1.54) is 0 Å². The number of aryl methyl sites for hydroxylation is 2. The molecule has 1 amide bonds. The van der Waals surface area contributed by atoms with Crippen LogP contribution in [0.25, 0.3) is 11.8 Å². The van der Waals surface area contributed by atoms with E-state index in [-0.39, 0.29) is 11.9 Å². The van der Waals surface area contributed by atoms with Crippen molar-refractivity contribution in [1.29, 1.82) is 0 Å². The average Bonchev–Trinajstić information content (AvgIpc) is 3.25. The lowest BCUT2D eigenvalue weighted by molar-refractivity contribution is -0.131. The number of carbonyl (C=O) groups is 1. The fourth-order valence-corrected chi connectivity index (χ4v) is 4.88. The standard InChI is InChI=1S/C27H29N3O3/c1-18-13-20(6-9-24(18)29-16-19(2)28-17-29)14-21-5-4-11-30(27(21)31)25-10-12-33-26-15-22(32-3)7-8-23(25)26/h6-9,13-17,25H,4-5,10-12H2,1-3H3/b21-14+/t25-/m1/s1. The van der Waals surface area contributed by atoms with E-state index in [0.717, 1.165) is 71.0 Å². The number of aromatic nitrogens is 2. The van der Waals surface area contributed by atoms with Gasteiger partial charge in [0.25, 0.3) is 0 Å². The maximum atomic E-state index is 13.5. The van der Waals surface area contributed by atoms with Gasteiger partial charge in [0.05, 0.1) is 31.8 Å². The van der Waals surface area contributed by atoms with E-state index < -0.39 is 0 Å². The summed E-state index contributed by atoms with van der Waals surface area (Å²) in [7, 11) is 1.65. The molecule has 0 unspecified atom stereocenters. The van der Waals surface area contributed by atoms with Crippen molar-refractivity contribution < 1.29 is 14.3 Å². The van der Waals surface area contributed by atoms with Crippen LogP contribution in [0.5, 0.6) is 11.5 Å².